The summed E-state index contributed by atoms with van der Waals surface area (Å²) in [6.07, 6.45) is 1.48. The molecule has 1 N–H and O–H groups in total. The molecule has 0 aromatic carbocycles. The molecule has 19 heavy (non-hydrogen) atoms. The number of methoxy groups -OCH3 is 1. The van der Waals surface area contributed by atoms with Crippen molar-refractivity contribution in [1.29, 1.82) is 0 Å². The number of hydrogen-bond acceptors (Lipinski definition) is 6. The SMILES string of the molecule is COc1nc2nc(-c3ccco3)cc(C(=O)O)n2n1. The molecule has 3 aromatic rings. The van der Waals surface area contributed by atoms with Gasteiger partial charge in [-0.25, -0.2) is 9.78 Å². The molecule has 0 unspecified atom stereocenters. The monoisotopic (exact) mass is 260 g/mol. The van der Waals surface area contributed by atoms with Crippen LogP contribution < -0.4 is 4.74 Å². The van der Waals surface area contributed by atoms with Crippen molar-refractivity contribution in [3.8, 4) is 17.5 Å². The van der Waals surface area contributed by atoms with Crippen LogP contribution in [0.2, 0.25) is 0 Å². The van der Waals surface area contributed by atoms with Gasteiger partial charge in [-0.1, -0.05) is 0 Å². The summed E-state index contributed by atoms with van der Waals surface area (Å²) >= 11 is 0. The lowest BCUT2D eigenvalue weighted by Crippen LogP contribution is -2.08. The highest BCUT2D eigenvalue weighted by Gasteiger charge is 2.17. The van der Waals surface area contributed by atoms with Crippen LogP contribution in [-0.4, -0.2) is 37.8 Å². The molecule has 8 heteroatoms. The molecule has 8 nitrogen and oxygen atoms in total. The van der Waals surface area contributed by atoms with Gasteiger partial charge < -0.3 is 14.3 Å². The summed E-state index contributed by atoms with van der Waals surface area (Å²) < 4.78 is 11.2. The highest BCUT2D eigenvalue weighted by Crippen LogP contribution is 2.20. The van der Waals surface area contributed by atoms with E-state index in [4.69, 9.17) is 9.15 Å². The molecule has 3 aromatic heterocycles. The molecule has 3 rings (SSSR count). The van der Waals surface area contributed by atoms with Crippen LogP contribution in [0.3, 0.4) is 0 Å². The predicted octanol–water partition coefficient (Wildman–Crippen LogP) is 1.09. The highest BCUT2D eigenvalue weighted by atomic mass is 16.5. The Morgan fingerprint density at radius 2 is 2.32 bits per heavy atom. The van der Waals surface area contributed by atoms with Crippen molar-refractivity contribution in [2.75, 3.05) is 7.11 Å². The summed E-state index contributed by atoms with van der Waals surface area (Å²) in [5, 5.41) is 13.1. The zero-order valence-electron chi connectivity index (χ0n) is 9.77. The Morgan fingerprint density at radius 1 is 1.47 bits per heavy atom. The standard InChI is InChI=1S/C11H8N4O4/c1-18-11-13-10-12-6(8-3-2-4-19-8)5-7(9(16)17)15(10)14-11/h2-5H,1H3,(H,16,17). The number of carboxylic acid groups (broad SMARTS) is 1. The molecule has 0 atom stereocenters. The van der Waals surface area contributed by atoms with Gasteiger partial charge in [0, 0.05) is 6.07 Å². The van der Waals surface area contributed by atoms with E-state index >= 15 is 0 Å². The lowest BCUT2D eigenvalue weighted by Gasteiger charge is -2.01. The molecular formula is C11H8N4O4. The number of aromatic carboxylic acids is 1. The second-order valence-electron chi connectivity index (χ2n) is 3.62. The van der Waals surface area contributed by atoms with Crippen LogP contribution in [0, 0.1) is 0 Å². The van der Waals surface area contributed by atoms with Crippen LogP contribution >= 0.6 is 0 Å². The van der Waals surface area contributed by atoms with Crippen LogP contribution in [0.1, 0.15) is 10.5 Å². The van der Waals surface area contributed by atoms with E-state index in [-0.39, 0.29) is 17.5 Å². The normalized spacial score (nSPS) is 10.8. The quantitative estimate of drug-likeness (QED) is 0.751. The van der Waals surface area contributed by atoms with Gasteiger partial charge >= 0.3 is 12.0 Å². The Bertz CT molecular complexity index is 747. The number of furan rings is 1. The number of fused-ring (bicyclic) bond motifs is 1. The van der Waals surface area contributed by atoms with E-state index < -0.39 is 5.97 Å². The van der Waals surface area contributed by atoms with Gasteiger partial charge in [0.2, 0.25) is 0 Å². The molecule has 0 aliphatic rings. The van der Waals surface area contributed by atoms with Gasteiger partial charge in [0.05, 0.1) is 13.4 Å². The molecule has 0 amide bonds. The molecule has 0 aliphatic heterocycles. The second-order valence-corrected chi connectivity index (χ2v) is 3.62. The Morgan fingerprint density at radius 3 is 2.95 bits per heavy atom. The highest BCUT2D eigenvalue weighted by molar-refractivity contribution is 5.87. The fourth-order valence-electron chi connectivity index (χ4n) is 1.64. The van der Waals surface area contributed by atoms with E-state index in [0.717, 1.165) is 4.52 Å². The number of rotatable bonds is 3. The molecule has 0 saturated carbocycles. The van der Waals surface area contributed by atoms with Crippen molar-refractivity contribution in [3.05, 3.63) is 30.2 Å². The van der Waals surface area contributed by atoms with Crippen LogP contribution in [0.15, 0.2) is 28.9 Å². The first kappa shape index (κ1) is 11.2. The van der Waals surface area contributed by atoms with Gasteiger partial charge in [0.15, 0.2) is 11.5 Å². The first-order valence-electron chi connectivity index (χ1n) is 5.28. The van der Waals surface area contributed by atoms with E-state index in [1.165, 1.54) is 19.4 Å². The van der Waals surface area contributed by atoms with E-state index in [0.29, 0.717) is 11.5 Å². The number of carbonyl (C=O) groups is 1. The number of aromatic nitrogens is 4. The van der Waals surface area contributed by atoms with Crippen molar-refractivity contribution in [2.24, 2.45) is 0 Å². The number of ether oxygens (including phenoxy) is 1. The Kier molecular flexibility index (Phi) is 2.41. The average molecular weight is 260 g/mol. The van der Waals surface area contributed by atoms with Crippen molar-refractivity contribution >= 4 is 11.7 Å². The van der Waals surface area contributed by atoms with Crippen LogP contribution in [0.5, 0.6) is 6.01 Å². The third-order valence-corrected chi connectivity index (χ3v) is 2.47. The van der Waals surface area contributed by atoms with Gasteiger partial charge in [-0.15, -0.1) is 5.10 Å². The van der Waals surface area contributed by atoms with E-state index in [1.54, 1.807) is 12.1 Å². The molecule has 0 radical (unpaired) electrons. The van der Waals surface area contributed by atoms with Crippen LogP contribution in [0.25, 0.3) is 17.2 Å². The molecule has 0 spiro atoms. The van der Waals surface area contributed by atoms with Gasteiger partial charge in [-0.05, 0) is 12.1 Å². The zero-order valence-corrected chi connectivity index (χ0v) is 9.77. The first-order valence-corrected chi connectivity index (χ1v) is 5.28. The molecule has 96 valence electrons. The fraction of sp³-hybridized carbons (Fsp3) is 0.0909. The fourth-order valence-corrected chi connectivity index (χ4v) is 1.64. The molecule has 0 saturated heterocycles. The molecule has 0 fully saturated rings. The van der Waals surface area contributed by atoms with Crippen molar-refractivity contribution in [3.63, 3.8) is 0 Å². The largest absolute Gasteiger partial charge is 0.477 e. The summed E-state index contributed by atoms with van der Waals surface area (Å²) in [5.41, 5.74) is 0.289. The Balaban J connectivity index is 2.29. The summed E-state index contributed by atoms with van der Waals surface area (Å²) in [6, 6.07) is 4.78. The topological polar surface area (TPSA) is 103 Å². The van der Waals surface area contributed by atoms with E-state index in [1.807, 2.05) is 0 Å². The zero-order chi connectivity index (χ0) is 13.4. The first-order chi connectivity index (χ1) is 9.19. The van der Waals surface area contributed by atoms with E-state index in [2.05, 4.69) is 15.1 Å². The molecule has 0 aliphatic carbocycles. The summed E-state index contributed by atoms with van der Waals surface area (Å²) in [6.45, 7) is 0. The lowest BCUT2D eigenvalue weighted by molar-refractivity contribution is 0.0687. The second kappa shape index (κ2) is 4.09. The van der Waals surface area contributed by atoms with Crippen LogP contribution in [0.4, 0.5) is 0 Å². The molecular weight excluding hydrogens is 252 g/mol. The number of carboxylic acids is 1. The van der Waals surface area contributed by atoms with Gasteiger partial charge in [0.1, 0.15) is 5.69 Å². The summed E-state index contributed by atoms with van der Waals surface area (Å²) in [5.74, 6) is -0.567. The smallest absolute Gasteiger partial charge is 0.354 e. The van der Waals surface area contributed by atoms with Gasteiger partial charge in [-0.2, -0.15) is 9.50 Å². The molecule has 0 bridgehead atoms. The maximum atomic E-state index is 11.2. The Hall–Kier alpha value is -2.90. The van der Waals surface area contributed by atoms with E-state index in [9.17, 15) is 9.90 Å². The summed E-state index contributed by atoms with van der Waals surface area (Å²) in [4.78, 5) is 19.4. The third kappa shape index (κ3) is 1.79. The van der Waals surface area contributed by atoms with Crippen molar-refractivity contribution in [1.82, 2.24) is 19.6 Å². The minimum Gasteiger partial charge on any atom is -0.477 e. The van der Waals surface area contributed by atoms with Gasteiger partial charge in [0.25, 0.3) is 5.78 Å². The van der Waals surface area contributed by atoms with Crippen molar-refractivity contribution in [2.45, 2.75) is 0 Å². The van der Waals surface area contributed by atoms with Crippen LogP contribution in [-0.2, 0) is 0 Å². The minimum atomic E-state index is -1.15. The predicted molar refractivity (Wildman–Crippen MR) is 62.0 cm³/mol. The maximum absolute atomic E-state index is 11.2. The Labute approximate surface area is 106 Å². The maximum Gasteiger partial charge on any atom is 0.354 e. The molecule has 3 heterocycles. The number of hydrogen-bond donors (Lipinski definition) is 1. The lowest BCUT2D eigenvalue weighted by atomic mass is 10.2. The third-order valence-electron chi connectivity index (χ3n) is 2.47. The summed E-state index contributed by atoms with van der Waals surface area (Å²) in [7, 11) is 1.39. The van der Waals surface area contributed by atoms with Gasteiger partial charge in [-0.3, -0.25) is 0 Å². The average Bonchev–Trinajstić information content (AvgIpc) is 3.05. The number of nitrogens with zero attached hydrogens (tertiary/aromatic N) is 4. The van der Waals surface area contributed by atoms with Crippen molar-refractivity contribution < 1.29 is 19.1 Å². The minimum absolute atomic E-state index is 0.0478.